The second-order valence-electron chi connectivity index (χ2n) is 6.72. The molecule has 0 bridgehead atoms. The van der Waals surface area contributed by atoms with Gasteiger partial charge in [0.25, 0.3) is 0 Å². The van der Waals surface area contributed by atoms with Gasteiger partial charge in [0.2, 0.25) is 0 Å². The zero-order chi connectivity index (χ0) is 34.2. The van der Waals surface area contributed by atoms with E-state index in [-0.39, 0.29) is 5.34 Å². The van der Waals surface area contributed by atoms with Crippen LogP contribution in [0.4, 0.5) is 0 Å². The maximum atomic E-state index is 9.24. The van der Waals surface area contributed by atoms with E-state index in [4.69, 9.17) is 23.2 Å². The van der Waals surface area contributed by atoms with Crippen LogP contribution >= 0.6 is 72.7 Å². The van der Waals surface area contributed by atoms with Gasteiger partial charge in [0.15, 0.2) is 0 Å². The van der Waals surface area contributed by atoms with Gasteiger partial charge < -0.3 is 29.4 Å². The van der Waals surface area contributed by atoms with Crippen molar-refractivity contribution in [3.05, 3.63) is 0 Å². The van der Waals surface area contributed by atoms with Crippen molar-refractivity contribution in [2.45, 2.75) is 99.8 Å². The van der Waals surface area contributed by atoms with Crippen molar-refractivity contribution in [1.29, 1.82) is 0 Å². The van der Waals surface area contributed by atoms with Crippen LogP contribution in [0.2, 0.25) is 8.87 Å². The molecular formula is C17H36Cl2O15P6Sn2+6. The van der Waals surface area contributed by atoms with Gasteiger partial charge in [-0.1, -0.05) is 0 Å². The van der Waals surface area contributed by atoms with E-state index in [1.807, 2.05) is 0 Å². The molecule has 0 rings (SSSR count). The number of rotatable bonds is 18. The summed E-state index contributed by atoms with van der Waals surface area (Å²) in [4.78, 5) is 55.4. The van der Waals surface area contributed by atoms with Crippen LogP contribution in [0.1, 0.15) is 90.9 Å². The van der Waals surface area contributed by atoms with Gasteiger partial charge in [0.05, 0.1) is 5.34 Å². The fourth-order valence-electron chi connectivity index (χ4n) is 1.97. The Hall–Kier alpha value is 2.42. The van der Waals surface area contributed by atoms with E-state index in [9.17, 15) is 56.8 Å². The number of alkyl halides is 2. The summed E-state index contributed by atoms with van der Waals surface area (Å²) in [7, 11) is -19.4. The van der Waals surface area contributed by atoms with E-state index < -0.39 is 49.5 Å². The van der Waals surface area contributed by atoms with Gasteiger partial charge in [0.1, 0.15) is 12.9 Å². The van der Waals surface area contributed by atoms with Crippen molar-refractivity contribution >= 4 is 118 Å². The quantitative estimate of drug-likeness (QED) is 0.0797. The molecular weight excluding hydrogens is 938 g/mol. The molecule has 0 fully saturated rings. The summed E-state index contributed by atoms with van der Waals surface area (Å²) in [5.74, 6) is 0. The van der Waals surface area contributed by atoms with Crippen LogP contribution in [0.15, 0.2) is 0 Å². The van der Waals surface area contributed by atoms with E-state index in [1.165, 1.54) is 85.9 Å². The molecule has 6 atom stereocenters. The van der Waals surface area contributed by atoms with Gasteiger partial charge in [-0.05, 0) is 27.4 Å². The Labute approximate surface area is 290 Å². The minimum absolute atomic E-state index is 0.194. The first-order valence-corrected chi connectivity index (χ1v) is 23.6. The molecule has 0 saturated carbocycles. The molecule has 0 radical (unpaired) electrons. The summed E-state index contributed by atoms with van der Waals surface area (Å²) in [6.07, 6.45) is 17.4. The summed E-state index contributed by atoms with van der Waals surface area (Å²) in [5.41, 5.74) is 0. The molecule has 0 aromatic rings. The minimum Gasteiger partial charge on any atom is -0.563 e. The Bertz CT molecular complexity index is 553. The van der Waals surface area contributed by atoms with Gasteiger partial charge in [-0.2, -0.15) is 0 Å². The molecule has 0 aromatic heterocycles. The molecule has 0 N–H and O–H groups in total. The first kappa shape index (κ1) is 56.7. The summed E-state index contributed by atoms with van der Waals surface area (Å²) in [5, 5.41) is 0.194. The molecule has 0 spiro atoms. The van der Waals surface area contributed by atoms with Crippen LogP contribution < -0.4 is 29.4 Å². The molecule has 25 heteroatoms. The Morgan fingerprint density at radius 2 is 0.619 bits per heavy atom. The average Bonchev–Trinajstić information content (AvgIpc) is 2.83. The van der Waals surface area contributed by atoms with E-state index >= 15 is 0 Å². The second-order valence-corrected chi connectivity index (χ2v) is 15.0. The first-order valence-electron chi connectivity index (χ1n) is 11.9. The zero-order valence-electron chi connectivity index (χ0n) is 23.2. The molecule has 0 saturated heterocycles. The van der Waals surface area contributed by atoms with Gasteiger partial charge in [-0.15, -0.1) is 23.2 Å². The number of unbranched alkanes of at least 4 members (excludes halogenated alkanes) is 10. The topological polar surface area (TPSA) is 268 Å². The van der Waals surface area contributed by atoms with Crippen LogP contribution in [0.25, 0.3) is 0 Å². The van der Waals surface area contributed by atoms with E-state index in [0.29, 0.717) is 0 Å². The molecule has 42 heavy (non-hydrogen) atoms. The smallest absolute Gasteiger partial charge is 0.543 e. The third-order valence-corrected chi connectivity index (χ3v) is 8.68. The molecule has 0 heterocycles. The molecule has 0 aromatic carbocycles. The minimum atomic E-state index is -3.24. The van der Waals surface area contributed by atoms with Gasteiger partial charge in [0, 0.05) is 0 Å². The largest absolute Gasteiger partial charge is 0.563 e. The Morgan fingerprint density at radius 1 is 0.452 bits per heavy atom. The first-order chi connectivity index (χ1) is 19.6. The second kappa shape index (κ2) is 52.9. The molecule has 0 aliphatic heterocycles. The van der Waals surface area contributed by atoms with Crippen LogP contribution in [0, 0.1) is 0 Å². The maximum Gasteiger partial charge on any atom is 0.543 e. The number of halogens is 2. The molecule has 0 aliphatic carbocycles. The number of hydrogen-bond donors (Lipinski definition) is 0. The normalized spacial score (nSPS) is 11.5. The summed E-state index contributed by atoms with van der Waals surface area (Å²) < 4.78 is 67.8. The summed E-state index contributed by atoms with van der Waals surface area (Å²) in [6.45, 7) is 4.54. The predicted octanol–water partition coefficient (Wildman–Crippen LogP) is 4.40. The summed E-state index contributed by atoms with van der Waals surface area (Å²) in [6, 6.07) is 0. The molecule has 15 nitrogen and oxygen atoms in total. The van der Waals surface area contributed by atoms with Gasteiger partial charge in [-0.3, -0.25) is 0 Å². The Balaban J connectivity index is -0.0000000945. The monoisotopic (exact) mass is 976 g/mol. The van der Waals surface area contributed by atoms with Crippen molar-refractivity contribution < 1.29 is 69.7 Å². The van der Waals surface area contributed by atoms with E-state index in [0.717, 1.165) is 0 Å². The van der Waals surface area contributed by atoms with E-state index in [2.05, 4.69) is 26.8 Å². The fourth-order valence-corrected chi connectivity index (χ4v) is 4.71. The van der Waals surface area contributed by atoms with Crippen molar-refractivity contribution in [2.75, 3.05) is 5.34 Å². The third kappa shape index (κ3) is 104. The molecule has 6 unspecified atom stereocenters. The predicted molar refractivity (Wildman–Crippen MR) is 153 cm³/mol. The third-order valence-electron chi connectivity index (χ3n) is 3.46. The Kier molecular flexibility index (Phi) is 71.5. The fraction of sp³-hybridized carbons (Fsp3) is 1.00. The van der Waals surface area contributed by atoms with Crippen molar-refractivity contribution in [1.82, 2.24) is 0 Å². The van der Waals surface area contributed by atoms with Crippen molar-refractivity contribution in [3.63, 3.8) is 0 Å². The van der Waals surface area contributed by atoms with Crippen LogP contribution in [-0.4, -0.2) is 50.4 Å². The van der Waals surface area contributed by atoms with Crippen molar-refractivity contribution in [3.8, 4) is 0 Å². The van der Waals surface area contributed by atoms with Crippen LogP contribution in [-0.2, 0) is 40.3 Å². The Morgan fingerprint density at radius 3 is 0.738 bits per heavy atom. The molecule has 0 aliphatic rings. The molecule has 0 amide bonds. The van der Waals surface area contributed by atoms with Crippen molar-refractivity contribution in [2.24, 2.45) is 0 Å². The van der Waals surface area contributed by atoms with Gasteiger partial charge >= 0.3 is 194 Å². The summed E-state index contributed by atoms with van der Waals surface area (Å²) >= 11 is 12.9. The zero-order valence-corrected chi connectivity index (χ0v) is 35.8. The molecule has 240 valence electrons. The van der Waals surface area contributed by atoms with Crippen LogP contribution in [0.5, 0.6) is 0 Å². The standard InChI is InChI=1S/2C8H17.CH2Cl2.3O5P2.2Sn/c2*1-3-5-7-8-6-4-2;2-1-3;3*1-6(2)5-7(3)4;;/h2*1,3-8H2,2H3;1H2;;;;;/q;;;;;;2*+3. The van der Waals surface area contributed by atoms with E-state index in [1.54, 1.807) is 45.0 Å². The van der Waals surface area contributed by atoms with Crippen LogP contribution in [0.3, 0.4) is 0 Å². The SMILES string of the molecule is CCCCCCC[CH2][Sn+3].CCCCCCC[CH2][Sn+3].ClCCl.O=[P+]([O-])O[P+](=O)[O-].O=[P+]([O-])O[P+](=O)[O-].O=[P+]([O-])O[P+](=O)[O-]. The van der Waals surface area contributed by atoms with Gasteiger partial charge in [-0.25, -0.2) is 0 Å². The maximum absolute atomic E-state index is 9.24. The number of hydrogen-bond acceptors (Lipinski definition) is 15. The average molecular weight is 975 g/mol.